The minimum absolute atomic E-state index is 0.361. The second-order valence-electron chi connectivity index (χ2n) is 4.39. The van der Waals surface area contributed by atoms with E-state index in [1.165, 1.54) is 17.8 Å². The standard InChI is InChI=1S/C13H23NO/c1-11(2)15-10-6-5-9-14-12(3)7-8-13(14)4/h7-8,11H,5-6,9-10H2,1-4H3. The molecular weight excluding hydrogens is 186 g/mol. The van der Waals surface area contributed by atoms with Crippen LogP contribution in [0.25, 0.3) is 0 Å². The van der Waals surface area contributed by atoms with Gasteiger partial charge in [0.2, 0.25) is 0 Å². The minimum atomic E-state index is 0.361. The van der Waals surface area contributed by atoms with Crippen molar-refractivity contribution in [3.8, 4) is 0 Å². The Hall–Kier alpha value is -0.760. The summed E-state index contributed by atoms with van der Waals surface area (Å²) in [5.74, 6) is 0. The molecule has 2 nitrogen and oxygen atoms in total. The molecule has 1 heterocycles. The summed E-state index contributed by atoms with van der Waals surface area (Å²) in [5.41, 5.74) is 2.72. The highest BCUT2D eigenvalue weighted by Crippen LogP contribution is 2.08. The Morgan fingerprint density at radius 1 is 1.13 bits per heavy atom. The predicted molar refractivity (Wildman–Crippen MR) is 64.2 cm³/mol. The smallest absolute Gasteiger partial charge is 0.0518 e. The second kappa shape index (κ2) is 5.96. The van der Waals surface area contributed by atoms with E-state index in [0.717, 1.165) is 19.6 Å². The lowest BCUT2D eigenvalue weighted by atomic mass is 10.3. The van der Waals surface area contributed by atoms with Crippen LogP contribution >= 0.6 is 0 Å². The average molecular weight is 209 g/mol. The van der Waals surface area contributed by atoms with Crippen LogP contribution in [0.5, 0.6) is 0 Å². The molecule has 0 radical (unpaired) electrons. The van der Waals surface area contributed by atoms with E-state index < -0.39 is 0 Å². The lowest BCUT2D eigenvalue weighted by Crippen LogP contribution is -2.06. The Bertz CT molecular complexity index is 269. The van der Waals surface area contributed by atoms with Crippen LogP contribution in [0.15, 0.2) is 12.1 Å². The van der Waals surface area contributed by atoms with Crippen LogP contribution in [0.2, 0.25) is 0 Å². The molecule has 1 aromatic rings. The van der Waals surface area contributed by atoms with E-state index >= 15 is 0 Å². The zero-order valence-corrected chi connectivity index (χ0v) is 10.4. The molecule has 0 N–H and O–H groups in total. The summed E-state index contributed by atoms with van der Waals surface area (Å²) in [6.07, 6.45) is 2.71. The molecular formula is C13H23NO. The van der Waals surface area contributed by atoms with E-state index in [1.54, 1.807) is 0 Å². The van der Waals surface area contributed by atoms with Gasteiger partial charge in [-0.1, -0.05) is 0 Å². The molecule has 0 aliphatic rings. The summed E-state index contributed by atoms with van der Waals surface area (Å²) in [7, 11) is 0. The highest BCUT2D eigenvalue weighted by Gasteiger charge is 2.00. The first-order valence-corrected chi connectivity index (χ1v) is 5.85. The summed E-state index contributed by atoms with van der Waals surface area (Å²) < 4.78 is 7.88. The quantitative estimate of drug-likeness (QED) is 0.656. The Kier molecular flexibility index (Phi) is 4.89. The molecule has 0 atom stereocenters. The monoisotopic (exact) mass is 209 g/mol. The van der Waals surface area contributed by atoms with Gasteiger partial charge in [0.05, 0.1) is 6.10 Å². The minimum Gasteiger partial charge on any atom is -0.379 e. The van der Waals surface area contributed by atoms with E-state index in [4.69, 9.17) is 4.74 Å². The van der Waals surface area contributed by atoms with Gasteiger partial charge in [0.1, 0.15) is 0 Å². The number of hydrogen-bond donors (Lipinski definition) is 0. The first-order chi connectivity index (χ1) is 7.11. The fourth-order valence-electron chi connectivity index (χ4n) is 1.74. The van der Waals surface area contributed by atoms with Crippen molar-refractivity contribution in [2.75, 3.05) is 6.61 Å². The molecule has 0 saturated carbocycles. The molecule has 0 unspecified atom stereocenters. The Morgan fingerprint density at radius 2 is 1.73 bits per heavy atom. The van der Waals surface area contributed by atoms with Gasteiger partial charge in [-0.3, -0.25) is 0 Å². The first kappa shape index (κ1) is 12.3. The fraction of sp³-hybridized carbons (Fsp3) is 0.692. The van der Waals surface area contributed by atoms with Gasteiger partial charge in [0.15, 0.2) is 0 Å². The number of unbranched alkanes of at least 4 members (excludes halogenated alkanes) is 1. The highest BCUT2D eigenvalue weighted by molar-refractivity contribution is 5.13. The number of rotatable bonds is 6. The van der Waals surface area contributed by atoms with Crippen LogP contribution in [0, 0.1) is 13.8 Å². The van der Waals surface area contributed by atoms with Crippen molar-refractivity contribution in [2.45, 2.75) is 53.2 Å². The summed E-state index contributed by atoms with van der Waals surface area (Å²) >= 11 is 0. The van der Waals surface area contributed by atoms with Crippen molar-refractivity contribution in [1.29, 1.82) is 0 Å². The van der Waals surface area contributed by atoms with Crippen LogP contribution in [0.1, 0.15) is 38.1 Å². The van der Waals surface area contributed by atoms with Crippen molar-refractivity contribution in [1.82, 2.24) is 4.57 Å². The maximum Gasteiger partial charge on any atom is 0.0518 e. The third-order valence-corrected chi connectivity index (χ3v) is 2.64. The Balaban J connectivity index is 2.20. The molecule has 1 rings (SSSR count). The molecule has 0 saturated heterocycles. The maximum atomic E-state index is 5.51. The topological polar surface area (TPSA) is 14.2 Å². The molecule has 0 spiro atoms. The van der Waals surface area contributed by atoms with E-state index in [1.807, 2.05) is 0 Å². The third kappa shape index (κ3) is 4.08. The van der Waals surface area contributed by atoms with Gasteiger partial charge in [-0.2, -0.15) is 0 Å². The zero-order valence-electron chi connectivity index (χ0n) is 10.4. The number of hydrogen-bond acceptors (Lipinski definition) is 1. The van der Waals surface area contributed by atoms with Crippen molar-refractivity contribution in [3.63, 3.8) is 0 Å². The van der Waals surface area contributed by atoms with E-state index in [0.29, 0.717) is 6.10 Å². The van der Waals surface area contributed by atoms with Crippen LogP contribution in [-0.2, 0) is 11.3 Å². The van der Waals surface area contributed by atoms with Gasteiger partial charge < -0.3 is 9.30 Å². The molecule has 2 heteroatoms. The largest absolute Gasteiger partial charge is 0.379 e. The average Bonchev–Trinajstić information content (AvgIpc) is 2.47. The number of ether oxygens (including phenoxy) is 1. The highest BCUT2D eigenvalue weighted by atomic mass is 16.5. The summed E-state index contributed by atoms with van der Waals surface area (Å²) in [6.45, 7) is 10.5. The summed E-state index contributed by atoms with van der Waals surface area (Å²) in [5, 5.41) is 0. The lowest BCUT2D eigenvalue weighted by molar-refractivity contribution is 0.0754. The Morgan fingerprint density at radius 3 is 2.27 bits per heavy atom. The van der Waals surface area contributed by atoms with Gasteiger partial charge in [0, 0.05) is 24.5 Å². The van der Waals surface area contributed by atoms with E-state index in [9.17, 15) is 0 Å². The van der Waals surface area contributed by atoms with Crippen molar-refractivity contribution < 1.29 is 4.74 Å². The molecule has 1 aromatic heterocycles. The van der Waals surface area contributed by atoms with Crippen molar-refractivity contribution >= 4 is 0 Å². The van der Waals surface area contributed by atoms with E-state index in [-0.39, 0.29) is 0 Å². The van der Waals surface area contributed by atoms with Crippen molar-refractivity contribution in [3.05, 3.63) is 23.5 Å². The first-order valence-electron chi connectivity index (χ1n) is 5.85. The Labute approximate surface area is 93.2 Å². The van der Waals surface area contributed by atoms with Gasteiger partial charge in [0.25, 0.3) is 0 Å². The van der Waals surface area contributed by atoms with Crippen LogP contribution in [0.4, 0.5) is 0 Å². The normalized spacial score (nSPS) is 11.3. The summed E-state index contributed by atoms with van der Waals surface area (Å²) in [6, 6.07) is 4.36. The zero-order chi connectivity index (χ0) is 11.3. The second-order valence-corrected chi connectivity index (χ2v) is 4.39. The number of aromatic nitrogens is 1. The van der Waals surface area contributed by atoms with Crippen LogP contribution in [0.3, 0.4) is 0 Å². The number of aryl methyl sites for hydroxylation is 2. The molecule has 0 bridgehead atoms. The molecule has 0 amide bonds. The maximum absolute atomic E-state index is 5.51. The molecule has 86 valence electrons. The van der Waals surface area contributed by atoms with Gasteiger partial charge in [-0.25, -0.2) is 0 Å². The fourth-order valence-corrected chi connectivity index (χ4v) is 1.74. The SMILES string of the molecule is Cc1ccc(C)n1CCCCOC(C)C. The molecule has 15 heavy (non-hydrogen) atoms. The lowest BCUT2D eigenvalue weighted by Gasteiger charge is -2.10. The van der Waals surface area contributed by atoms with Crippen LogP contribution < -0.4 is 0 Å². The summed E-state index contributed by atoms with van der Waals surface area (Å²) in [4.78, 5) is 0. The van der Waals surface area contributed by atoms with E-state index in [2.05, 4.69) is 44.4 Å². The molecule has 0 fully saturated rings. The van der Waals surface area contributed by atoms with Gasteiger partial charge in [-0.15, -0.1) is 0 Å². The number of nitrogens with zero attached hydrogens (tertiary/aromatic N) is 1. The third-order valence-electron chi connectivity index (χ3n) is 2.64. The molecule has 0 aromatic carbocycles. The molecule has 0 aliphatic heterocycles. The predicted octanol–water partition coefficient (Wildman–Crippen LogP) is 3.31. The van der Waals surface area contributed by atoms with Gasteiger partial charge >= 0.3 is 0 Å². The molecule has 0 aliphatic carbocycles. The van der Waals surface area contributed by atoms with Gasteiger partial charge in [-0.05, 0) is 52.7 Å². The van der Waals surface area contributed by atoms with Crippen molar-refractivity contribution in [2.24, 2.45) is 0 Å². The van der Waals surface area contributed by atoms with Crippen LogP contribution in [-0.4, -0.2) is 17.3 Å².